The molecule has 27 heavy (non-hydrogen) atoms. The minimum atomic E-state index is -0.166. The Morgan fingerprint density at radius 1 is 1.15 bits per heavy atom. The molecular weight excluding hydrogens is 338 g/mol. The summed E-state index contributed by atoms with van der Waals surface area (Å²) < 4.78 is 0. The molecule has 0 spiro atoms. The number of pyridine rings is 2. The van der Waals surface area contributed by atoms with Gasteiger partial charge in [-0.25, -0.2) is 4.98 Å². The van der Waals surface area contributed by atoms with Gasteiger partial charge in [0.2, 0.25) is 5.91 Å². The molecule has 0 aromatic carbocycles. The van der Waals surface area contributed by atoms with Crippen molar-refractivity contribution in [2.75, 3.05) is 5.32 Å². The third-order valence-electron chi connectivity index (χ3n) is 4.12. The maximum atomic E-state index is 12.0. The predicted octanol–water partition coefficient (Wildman–Crippen LogP) is 4.86. The van der Waals surface area contributed by atoms with Crippen molar-refractivity contribution in [3.8, 4) is 0 Å². The van der Waals surface area contributed by atoms with E-state index in [-0.39, 0.29) is 11.7 Å². The van der Waals surface area contributed by atoms with Crippen LogP contribution in [0, 0.1) is 0 Å². The van der Waals surface area contributed by atoms with E-state index in [0.29, 0.717) is 17.8 Å². The van der Waals surface area contributed by atoms with Crippen LogP contribution >= 0.6 is 0 Å². The summed E-state index contributed by atoms with van der Waals surface area (Å²) in [4.78, 5) is 32.0. The molecule has 2 rings (SSSR count). The number of ketones is 1. The molecule has 2 aromatic heterocycles. The topological polar surface area (TPSA) is 72.0 Å². The standard InChI is InChI=1S/C22H25N3O2/c1-6-8-21(27)15(4)9-14(3)19(7-2)20-10-17-13-24-22(25-16(5)26)11-18(17)12-23-20/h7,9-13H,4,6,8H2,1-3,5H3,(H,24,25,26)/b14-9-,19-7+. The smallest absolute Gasteiger partial charge is 0.222 e. The van der Waals surface area contributed by atoms with Crippen molar-refractivity contribution in [3.05, 3.63) is 60.1 Å². The third kappa shape index (κ3) is 5.20. The van der Waals surface area contributed by atoms with Crippen LogP contribution in [-0.2, 0) is 9.59 Å². The van der Waals surface area contributed by atoms with Gasteiger partial charge in [0.05, 0.1) is 5.69 Å². The number of nitrogens with one attached hydrogen (secondary N) is 1. The highest BCUT2D eigenvalue weighted by molar-refractivity contribution is 5.98. The second-order valence-corrected chi connectivity index (χ2v) is 6.40. The molecule has 0 aliphatic carbocycles. The number of hydrogen-bond donors (Lipinski definition) is 1. The molecule has 0 fully saturated rings. The zero-order valence-electron chi connectivity index (χ0n) is 16.3. The molecule has 0 unspecified atom stereocenters. The number of fused-ring (bicyclic) bond motifs is 1. The van der Waals surface area contributed by atoms with Gasteiger partial charge in [-0.1, -0.05) is 19.6 Å². The van der Waals surface area contributed by atoms with Crippen LogP contribution in [0.2, 0.25) is 0 Å². The Labute approximate surface area is 159 Å². The van der Waals surface area contributed by atoms with Gasteiger partial charge < -0.3 is 5.32 Å². The lowest BCUT2D eigenvalue weighted by Crippen LogP contribution is -2.07. The van der Waals surface area contributed by atoms with E-state index in [0.717, 1.165) is 34.0 Å². The number of anilines is 1. The van der Waals surface area contributed by atoms with E-state index in [1.165, 1.54) is 6.92 Å². The van der Waals surface area contributed by atoms with E-state index < -0.39 is 0 Å². The average Bonchev–Trinajstić information content (AvgIpc) is 2.62. The molecule has 2 aromatic rings. The van der Waals surface area contributed by atoms with Crippen molar-refractivity contribution in [1.29, 1.82) is 0 Å². The summed E-state index contributed by atoms with van der Waals surface area (Å²) in [6.45, 7) is 11.2. The van der Waals surface area contributed by atoms with Gasteiger partial charge in [0.1, 0.15) is 5.82 Å². The van der Waals surface area contributed by atoms with Gasteiger partial charge in [-0.15, -0.1) is 0 Å². The number of rotatable bonds is 7. The lowest BCUT2D eigenvalue weighted by Gasteiger charge is -2.10. The Morgan fingerprint density at radius 2 is 1.81 bits per heavy atom. The number of Topliss-reactive ketones (excluding diaryl/α,β-unsaturated/α-hetero) is 1. The number of amides is 1. The Kier molecular flexibility index (Phi) is 6.77. The van der Waals surface area contributed by atoms with Crippen molar-refractivity contribution in [3.63, 3.8) is 0 Å². The minimum absolute atomic E-state index is 0.0634. The highest BCUT2D eigenvalue weighted by Gasteiger charge is 2.10. The Morgan fingerprint density at radius 3 is 2.44 bits per heavy atom. The summed E-state index contributed by atoms with van der Waals surface area (Å²) in [5.74, 6) is 0.396. The van der Waals surface area contributed by atoms with Gasteiger partial charge >= 0.3 is 0 Å². The van der Waals surface area contributed by atoms with Crippen LogP contribution in [0.1, 0.15) is 46.2 Å². The second kappa shape index (κ2) is 9.03. The predicted molar refractivity (Wildman–Crippen MR) is 110 cm³/mol. The Hall–Kier alpha value is -3.08. The van der Waals surface area contributed by atoms with Crippen LogP contribution in [0.15, 0.2) is 54.4 Å². The first-order valence-electron chi connectivity index (χ1n) is 8.96. The van der Waals surface area contributed by atoms with Gasteiger partial charge in [0.25, 0.3) is 0 Å². The summed E-state index contributed by atoms with van der Waals surface area (Å²) in [6, 6.07) is 3.74. The fraction of sp³-hybridized carbons (Fsp3) is 0.273. The molecule has 140 valence electrons. The van der Waals surface area contributed by atoms with Crippen LogP contribution in [0.25, 0.3) is 16.3 Å². The number of allylic oxidation sites excluding steroid dienone is 5. The summed E-state index contributed by atoms with van der Waals surface area (Å²) >= 11 is 0. The first kappa shape index (κ1) is 20.2. The molecule has 0 saturated carbocycles. The van der Waals surface area contributed by atoms with Gasteiger partial charge in [0.15, 0.2) is 5.78 Å². The van der Waals surface area contributed by atoms with E-state index >= 15 is 0 Å². The molecule has 0 radical (unpaired) electrons. The highest BCUT2D eigenvalue weighted by Crippen LogP contribution is 2.26. The molecule has 1 amide bonds. The van der Waals surface area contributed by atoms with Gasteiger partial charge in [-0.3, -0.25) is 14.6 Å². The molecule has 2 heterocycles. The lowest BCUT2D eigenvalue weighted by molar-refractivity contribution is -0.115. The minimum Gasteiger partial charge on any atom is -0.311 e. The second-order valence-electron chi connectivity index (χ2n) is 6.40. The van der Waals surface area contributed by atoms with Crippen molar-refractivity contribution >= 4 is 33.9 Å². The van der Waals surface area contributed by atoms with E-state index in [9.17, 15) is 9.59 Å². The van der Waals surface area contributed by atoms with Gasteiger partial charge in [-0.2, -0.15) is 0 Å². The summed E-state index contributed by atoms with van der Waals surface area (Å²) in [6.07, 6.45) is 8.56. The normalized spacial score (nSPS) is 12.1. The summed E-state index contributed by atoms with van der Waals surface area (Å²) in [7, 11) is 0. The number of aromatic nitrogens is 2. The molecule has 5 heteroatoms. The first-order chi connectivity index (χ1) is 12.8. The lowest BCUT2D eigenvalue weighted by atomic mass is 9.98. The molecule has 0 saturated heterocycles. The average molecular weight is 363 g/mol. The summed E-state index contributed by atoms with van der Waals surface area (Å²) in [5.41, 5.74) is 3.18. The van der Waals surface area contributed by atoms with E-state index in [2.05, 4.69) is 21.9 Å². The van der Waals surface area contributed by atoms with Crippen molar-refractivity contribution in [1.82, 2.24) is 9.97 Å². The highest BCUT2D eigenvalue weighted by atomic mass is 16.1. The van der Waals surface area contributed by atoms with Crippen LogP contribution < -0.4 is 5.32 Å². The van der Waals surface area contributed by atoms with Crippen molar-refractivity contribution in [2.24, 2.45) is 0 Å². The van der Waals surface area contributed by atoms with Gasteiger partial charge in [-0.05, 0) is 49.6 Å². The number of carbonyl (C=O) groups excluding carboxylic acids is 2. The SMILES string of the molecule is C=C(/C=C(C)\C(=C/C)c1cc2cnc(NC(C)=O)cc2cn1)C(=O)CCC. The zero-order chi connectivity index (χ0) is 20.0. The molecule has 0 aliphatic heterocycles. The quantitative estimate of drug-likeness (QED) is 0.563. The Balaban J connectivity index is 2.34. The largest absolute Gasteiger partial charge is 0.311 e. The van der Waals surface area contributed by atoms with E-state index in [1.54, 1.807) is 18.5 Å². The molecular formula is C22H25N3O2. The molecule has 0 atom stereocenters. The van der Waals surface area contributed by atoms with E-state index in [1.807, 2.05) is 39.0 Å². The summed E-state index contributed by atoms with van der Waals surface area (Å²) in [5, 5.41) is 4.47. The van der Waals surface area contributed by atoms with Crippen LogP contribution in [0.3, 0.4) is 0 Å². The first-order valence-corrected chi connectivity index (χ1v) is 8.96. The zero-order valence-corrected chi connectivity index (χ0v) is 16.3. The fourth-order valence-corrected chi connectivity index (χ4v) is 2.82. The maximum absolute atomic E-state index is 12.0. The number of hydrogen-bond acceptors (Lipinski definition) is 4. The van der Waals surface area contributed by atoms with Crippen LogP contribution in [0.4, 0.5) is 5.82 Å². The number of nitrogens with zero attached hydrogens (tertiary/aromatic N) is 2. The fourth-order valence-electron chi connectivity index (χ4n) is 2.82. The van der Waals surface area contributed by atoms with Gasteiger partial charge in [0, 0.05) is 42.1 Å². The van der Waals surface area contributed by atoms with Crippen LogP contribution in [-0.4, -0.2) is 21.7 Å². The molecule has 0 bridgehead atoms. The number of carbonyl (C=O) groups is 2. The Bertz CT molecular complexity index is 955. The van der Waals surface area contributed by atoms with Crippen molar-refractivity contribution < 1.29 is 9.59 Å². The monoisotopic (exact) mass is 363 g/mol. The molecule has 1 N–H and O–H groups in total. The van der Waals surface area contributed by atoms with Crippen LogP contribution in [0.5, 0.6) is 0 Å². The maximum Gasteiger partial charge on any atom is 0.222 e. The van der Waals surface area contributed by atoms with E-state index in [4.69, 9.17) is 0 Å². The molecule has 5 nitrogen and oxygen atoms in total. The molecule has 0 aliphatic rings. The third-order valence-corrected chi connectivity index (χ3v) is 4.12. The van der Waals surface area contributed by atoms with Crippen molar-refractivity contribution in [2.45, 2.75) is 40.5 Å².